The number of hydrogen-bond acceptors (Lipinski definition) is 11. The number of imidazole rings is 1. The number of benzene rings is 2. The summed E-state index contributed by atoms with van der Waals surface area (Å²) in [6, 6.07) is 11.3. The molecule has 0 aliphatic carbocycles. The molecule has 4 aromatic rings. The third-order valence-electron chi connectivity index (χ3n) is 7.71. The van der Waals surface area contributed by atoms with E-state index in [-0.39, 0.29) is 23.4 Å². The molecule has 1 saturated heterocycles. The molecule has 5 rings (SSSR count). The number of rotatable bonds is 12. The van der Waals surface area contributed by atoms with Gasteiger partial charge in [-0.3, -0.25) is 13.9 Å². The third kappa shape index (κ3) is 7.44. The number of ether oxygens (including phenoxy) is 2. The fraction of sp³-hybridized carbons (Fsp3) is 0.500. The zero-order valence-electron chi connectivity index (χ0n) is 27.9. The molecule has 3 heterocycles. The van der Waals surface area contributed by atoms with Crippen molar-refractivity contribution >= 4 is 53.1 Å². The molecule has 13 nitrogen and oxygen atoms in total. The van der Waals surface area contributed by atoms with Crippen LogP contribution >= 0.6 is 19.3 Å². The van der Waals surface area contributed by atoms with Crippen molar-refractivity contribution in [1.82, 2.24) is 24.6 Å². The Balaban J connectivity index is 1.44. The van der Waals surface area contributed by atoms with Crippen LogP contribution in [0.15, 0.2) is 48.8 Å². The maximum atomic E-state index is 16.0. The van der Waals surface area contributed by atoms with Crippen LogP contribution in [0.3, 0.4) is 0 Å². The zero-order valence-corrected chi connectivity index (χ0v) is 29.5. The summed E-state index contributed by atoms with van der Waals surface area (Å²) >= 11 is 6.36. The SMILES string of the molecule is Cc1nc(N(C)C)c2ncn([C@@H]3O[C@](CCl)(COP(=O)(N[C@H](C)C(=O)OCC(C)(C)C)Oc4cccc5ccccc45)[C@@H](O)[C@@H]3F)c2n1. The van der Waals surface area contributed by atoms with E-state index in [0.29, 0.717) is 22.5 Å². The van der Waals surface area contributed by atoms with Crippen molar-refractivity contribution in [3.05, 3.63) is 54.6 Å². The summed E-state index contributed by atoms with van der Waals surface area (Å²) in [6.45, 7) is 8.29. The van der Waals surface area contributed by atoms with Crippen LogP contribution in [-0.4, -0.2) is 87.7 Å². The molecule has 6 atom stereocenters. The molecule has 1 unspecified atom stereocenters. The number of alkyl halides is 2. The molecule has 0 saturated carbocycles. The standard InChI is InChI=1S/C32H41ClFN6O7P/c1-19(30(42)44-16-31(3,4)5)38-48(43,47-23-14-10-12-21-11-8-9-13-22(21)23)45-17-32(15-33)26(41)24(34)29(46-32)40-18-35-25-27(39(6)7)36-20(2)37-28(25)40/h8-14,18-19,24,26,29,41H,15-17H2,1-7H3,(H,38,43)/t19-,24+,26+,29-,32-,48?/m1/s1. The monoisotopic (exact) mass is 706 g/mol. The smallest absolute Gasteiger partial charge is 0.459 e. The van der Waals surface area contributed by atoms with Crippen molar-refractivity contribution in [1.29, 1.82) is 0 Å². The molecular weight excluding hydrogens is 666 g/mol. The molecule has 0 spiro atoms. The highest BCUT2D eigenvalue weighted by Gasteiger charge is 2.57. The van der Waals surface area contributed by atoms with Gasteiger partial charge in [0.25, 0.3) is 0 Å². The number of halogens is 2. The first-order valence-corrected chi connectivity index (χ1v) is 17.4. The Morgan fingerprint density at radius 3 is 2.62 bits per heavy atom. The Morgan fingerprint density at radius 2 is 1.94 bits per heavy atom. The van der Waals surface area contributed by atoms with Gasteiger partial charge in [0.05, 0.1) is 25.4 Å². The van der Waals surface area contributed by atoms with Crippen LogP contribution in [0.1, 0.15) is 39.7 Å². The highest BCUT2D eigenvalue weighted by Crippen LogP contribution is 2.50. The molecule has 16 heteroatoms. The largest absolute Gasteiger partial charge is 0.464 e. The number of nitrogens with one attached hydrogen (secondary N) is 1. The van der Waals surface area contributed by atoms with Gasteiger partial charge in [-0.2, -0.15) is 5.09 Å². The molecule has 0 radical (unpaired) electrons. The van der Waals surface area contributed by atoms with Gasteiger partial charge in [0.1, 0.15) is 29.3 Å². The van der Waals surface area contributed by atoms with E-state index >= 15 is 4.39 Å². The molecular formula is C32H41ClFN6O7P. The molecule has 1 fully saturated rings. The predicted octanol–water partition coefficient (Wildman–Crippen LogP) is 5.33. The van der Waals surface area contributed by atoms with Crippen LogP contribution in [0, 0.1) is 12.3 Å². The normalized spacial score (nSPS) is 23.2. The average Bonchev–Trinajstić information content (AvgIpc) is 3.56. The number of aromatic nitrogens is 4. The first-order valence-electron chi connectivity index (χ1n) is 15.4. The van der Waals surface area contributed by atoms with E-state index in [9.17, 15) is 14.5 Å². The van der Waals surface area contributed by atoms with Crippen LogP contribution in [0.2, 0.25) is 0 Å². The number of esters is 1. The summed E-state index contributed by atoms with van der Waals surface area (Å²) in [5, 5.41) is 15.3. The number of carbonyl (C=O) groups is 1. The van der Waals surface area contributed by atoms with E-state index < -0.39 is 56.3 Å². The van der Waals surface area contributed by atoms with Gasteiger partial charge >= 0.3 is 13.7 Å². The van der Waals surface area contributed by atoms with Crippen molar-refractivity contribution in [2.24, 2.45) is 5.41 Å². The summed E-state index contributed by atoms with van der Waals surface area (Å²) in [7, 11) is -0.899. The number of aliphatic hydroxyl groups excluding tert-OH is 1. The van der Waals surface area contributed by atoms with E-state index in [1.54, 1.807) is 50.2 Å². The number of anilines is 1. The molecule has 2 aromatic heterocycles. The first kappa shape index (κ1) is 35.9. The van der Waals surface area contributed by atoms with Crippen molar-refractivity contribution in [3.8, 4) is 5.75 Å². The maximum absolute atomic E-state index is 16.0. The second kappa shape index (κ2) is 13.9. The summed E-state index contributed by atoms with van der Waals surface area (Å²) in [6.07, 6.45) is -3.91. The molecule has 2 aromatic carbocycles. The van der Waals surface area contributed by atoms with Gasteiger partial charge in [0.2, 0.25) is 0 Å². The lowest BCUT2D eigenvalue weighted by Gasteiger charge is -2.32. The quantitative estimate of drug-likeness (QED) is 0.111. The van der Waals surface area contributed by atoms with Gasteiger partial charge in [-0.25, -0.2) is 23.9 Å². The van der Waals surface area contributed by atoms with Gasteiger partial charge in [-0.1, -0.05) is 57.2 Å². The Bertz CT molecular complexity index is 1830. The number of nitrogens with zero attached hydrogens (tertiary/aromatic N) is 5. The lowest BCUT2D eigenvalue weighted by molar-refractivity contribution is -0.148. The summed E-state index contributed by atoms with van der Waals surface area (Å²) in [4.78, 5) is 27.9. The lowest BCUT2D eigenvalue weighted by Crippen LogP contribution is -2.48. The van der Waals surface area contributed by atoms with E-state index in [1.165, 1.54) is 17.8 Å². The van der Waals surface area contributed by atoms with Crippen molar-refractivity contribution in [2.45, 2.75) is 64.8 Å². The van der Waals surface area contributed by atoms with Crippen LogP contribution in [-0.2, 0) is 23.4 Å². The van der Waals surface area contributed by atoms with Crippen LogP contribution in [0.4, 0.5) is 10.2 Å². The van der Waals surface area contributed by atoms with Crippen molar-refractivity contribution in [2.75, 3.05) is 38.1 Å². The summed E-state index contributed by atoms with van der Waals surface area (Å²) in [5.74, 6) is -0.00681. The Morgan fingerprint density at radius 1 is 1.23 bits per heavy atom. The van der Waals surface area contributed by atoms with Gasteiger partial charge < -0.3 is 24.0 Å². The van der Waals surface area contributed by atoms with Crippen LogP contribution in [0.25, 0.3) is 21.9 Å². The minimum atomic E-state index is -4.49. The van der Waals surface area contributed by atoms with E-state index in [1.807, 2.05) is 39.0 Å². The predicted molar refractivity (Wildman–Crippen MR) is 180 cm³/mol. The third-order valence-corrected chi connectivity index (χ3v) is 9.77. The van der Waals surface area contributed by atoms with Gasteiger partial charge in [-0.15, -0.1) is 11.6 Å². The van der Waals surface area contributed by atoms with E-state index in [0.717, 1.165) is 5.39 Å². The van der Waals surface area contributed by atoms with Gasteiger partial charge in [0, 0.05) is 19.5 Å². The summed E-state index contributed by atoms with van der Waals surface area (Å²) < 4.78 is 55.3. The number of fused-ring (bicyclic) bond motifs is 2. The highest BCUT2D eigenvalue weighted by atomic mass is 35.5. The maximum Gasteiger partial charge on any atom is 0.459 e. The minimum absolute atomic E-state index is 0.116. The van der Waals surface area contributed by atoms with Crippen LogP contribution < -0.4 is 14.5 Å². The number of aliphatic hydroxyl groups is 1. The summed E-state index contributed by atoms with van der Waals surface area (Å²) in [5.41, 5.74) is -1.52. The van der Waals surface area contributed by atoms with E-state index in [2.05, 4.69) is 20.0 Å². The molecule has 260 valence electrons. The Hall–Kier alpha value is -3.39. The van der Waals surface area contributed by atoms with Crippen molar-refractivity contribution in [3.63, 3.8) is 0 Å². The average molecular weight is 707 g/mol. The molecule has 0 bridgehead atoms. The molecule has 0 amide bonds. The second-order valence-electron chi connectivity index (χ2n) is 13.3. The Kier molecular flexibility index (Phi) is 10.4. The number of carbonyl (C=O) groups excluding carboxylic acids is 1. The zero-order chi connectivity index (χ0) is 35.0. The molecule has 48 heavy (non-hydrogen) atoms. The number of aryl methyl sites for hydroxylation is 1. The first-order chi connectivity index (χ1) is 22.6. The van der Waals surface area contributed by atoms with Crippen LogP contribution in [0.5, 0.6) is 5.75 Å². The topological polar surface area (TPSA) is 150 Å². The fourth-order valence-electron chi connectivity index (χ4n) is 5.20. The van der Waals surface area contributed by atoms with Crippen molar-refractivity contribution < 1.29 is 37.4 Å². The van der Waals surface area contributed by atoms with E-state index in [4.69, 9.17) is 30.1 Å². The van der Waals surface area contributed by atoms with Gasteiger partial charge in [-0.05, 0) is 30.7 Å². The second-order valence-corrected chi connectivity index (χ2v) is 15.2. The lowest BCUT2D eigenvalue weighted by atomic mass is 9.99. The molecule has 2 N–H and O–H groups in total. The highest BCUT2D eigenvalue weighted by molar-refractivity contribution is 7.52. The van der Waals surface area contributed by atoms with Gasteiger partial charge in [0.15, 0.2) is 29.4 Å². The Labute approximate surface area is 283 Å². The number of hydrogen-bond donors (Lipinski definition) is 2. The molecule has 1 aliphatic heterocycles. The fourth-order valence-corrected chi connectivity index (χ4v) is 7.06. The minimum Gasteiger partial charge on any atom is -0.464 e. The molecule has 1 aliphatic rings.